The lowest BCUT2D eigenvalue weighted by Gasteiger charge is -2.24. The van der Waals surface area contributed by atoms with Crippen molar-refractivity contribution in [1.29, 1.82) is 0 Å². The van der Waals surface area contributed by atoms with Gasteiger partial charge in [0.1, 0.15) is 5.69 Å². The Morgan fingerprint density at radius 1 is 1.26 bits per heavy atom. The van der Waals surface area contributed by atoms with Crippen LogP contribution in [0.5, 0.6) is 0 Å². The highest BCUT2D eigenvalue weighted by atomic mass is 32.1. The minimum Gasteiger partial charge on any atom is -0.359 e. The molecule has 5 nitrogen and oxygen atoms in total. The predicted octanol–water partition coefficient (Wildman–Crippen LogP) is 3.26. The third kappa shape index (κ3) is 3.48. The fourth-order valence-corrected chi connectivity index (χ4v) is 3.06. The van der Waals surface area contributed by atoms with Crippen molar-refractivity contribution in [3.63, 3.8) is 0 Å². The van der Waals surface area contributed by atoms with E-state index in [2.05, 4.69) is 21.4 Å². The number of rotatable bonds is 5. The number of carbonyl (C=O) groups excluding carboxylic acids is 1. The minimum absolute atomic E-state index is 0.0246. The normalized spacial score (nSPS) is 12.1. The van der Waals surface area contributed by atoms with Crippen molar-refractivity contribution in [3.05, 3.63) is 54.4 Å². The average Bonchev–Trinajstić information content (AvgIpc) is 3.02. The Balaban J connectivity index is 1.62. The van der Waals surface area contributed by atoms with E-state index in [-0.39, 0.29) is 11.9 Å². The molecule has 0 radical (unpaired) electrons. The van der Waals surface area contributed by atoms with Gasteiger partial charge in [0.15, 0.2) is 5.13 Å². The summed E-state index contributed by atoms with van der Waals surface area (Å²) in [7, 11) is 1.79. The predicted molar refractivity (Wildman–Crippen MR) is 93.9 cm³/mol. The van der Waals surface area contributed by atoms with Crippen molar-refractivity contribution >= 4 is 32.6 Å². The van der Waals surface area contributed by atoms with Crippen molar-refractivity contribution in [2.24, 2.45) is 0 Å². The lowest BCUT2D eigenvalue weighted by atomic mass is 10.2. The molecular formula is C17H18N4OS. The van der Waals surface area contributed by atoms with E-state index in [4.69, 9.17) is 0 Å². The molecule has 2 aromatic heterocycles. The summed E-state index contributed by atoms with van der Waals surface area (Å²) in [6.07, 6.45) is 1.63. The highest BCUT2D eigenvalue weighted by molar-refractivity contribution is 7.22. The second kappa shape index (κ2) is 6.75. The van der Waals surface area contributed by atoms with Crippen LogP contribution >= 0.6 is 11.3 Å². The van der Waals surface area contributed by atoms with Crippen LogP contribution in [0.15, 0.2) is 48.7 Å². The maximum Gasteiger partial charge on any atom is 0.272 e. The third-order valence-electron chi connectivity index (χ3n) is 3.71. The molecule has 0 aliphatic heterocycles. The number of nitrogens with one attached hydrogen (secondary N) is 1. The van der Waals surface area contributed by atoms with Crippen LogP contribution in [0, 0.1) is 0 Å². The van der Waals surface area contributed by atoms with Crippen LogP contribution < -0.4 is 5.32 Å². The van der Waals surface area contributed by atoms with Crippen LogP contribution in [0.2, 0.25) is 0 Å². The second-order valence-electron chi connectivity index (χ2n) is 5.35. The van der Waals surface area contributed by atoms with Gasteiger partial charge in [-0.2, -0.15) is 0 Å². The first kappa shape index (κ1) is 15.4. The van der Waals surface area contributed by atoms with Crippen molar-refractivity contribution < 1.29 is 4.79 Å². The van der Waals surface area contributed by atoms with E-state index in [1.165, 1.54) is 0 Å². The molecule has 0 saturated carbocycles. The van der Waals surface area contributed by atoms with Gasteiger partial charge < -0.3 is 10.2 Å². The SMILES string of the molecule is CC(CNc1nc2ccccc2s1)N(C)C(=O)c1ccccn1. The number of likely N-dealkylation sites (N-methyl/N-ethyl adjacent to an activating group) is 1. The number of anilines is 1. The average molecular weight is 326 g/mol. The lowest BCUT2D eigenvalue weighted by molar-refractivity contribution is 0.0745. The van der Waals surface area contributed by atoms with Gasteiger partial charge in [-0.05, 0) is 31.2 Å². The van der Waals surface area contributed by atoms with Gasteiger partial charge >= 0.3 is 0 Å². The standard InChI is InChI=1S/C17H18N4OS/c1-12(21(2)16(22)14-8-5-6-10-18-14)11-19-17-20-13-7-3-4-9-15(13)23-17/h3-10,12H,11H2,1-2H3,(H,19,20). The fraction of sp³-hybridized carbons (Fsp3) is 0.235. The summed E-state index contributed by atoms with van der Waals surface area (Å²) in [4.78, 5) is 22.7. The summed E-state index contributed by atoms with van der Waals surface area (Å²) in [6, 6.07) is 13.4. The van der Waals surface area contributed by atoms with Crippen LogP contribution in [0.4, 0.5) is 5.13 Å². The minimum atomic E-state index is -0.0794. The van der Waals surface area contributed by atoms with Gasteiger partial charge in [-0.1, -0.05) is 29.5 Å². The van der Waals surface area contributed by atoms with Gasteiger partial charge in [0.05, 0.1) is 10.2 Å². The van der Waals surface area contributed by atoms with Gasteiger partial charge in [-0.15, -0.1) is 0 Å². The first-order chi connectivity index (χ1) is 11.1. The zero-order valence-electron chi connectivity index (χ0n) is 13.1. The number of pyridine rings is 1. The molecule has 1 atom stereocenters. The molecule has 3 rings (SSSR count). The lowest BCUT2D eigenvalue weighted by Crippen LogP contribution is -2.39. The van der Waals surface area contributed by atoms with E-state index in [1.54, 1.807) is 41.6 Å². The van der Waals surface area contributed by atoms with E-state index in [9.17, 15) is 4.79 Å². The largest absolute Gasteiger partial charge is 0.359 e. The first-order valence-electron chi connectivity index (χ1n) is 7.43. The number of thiazole rings is 1. The monoisotopic (exact) mass is 326 g/mol. The first-order valence-corrected chi connectivity index (χ1v) is 8.24. The van der Waals surface area contributed by atoms with Crippen LogP contribution in [0.25, 0.3) is 10.2 Å². The molecular weight excluding hydrogens is 308 g/mol. The highest BCUT2D eigenvalue weighted by Crippen LogP contribution is 2.25. The van der Waals surface area contributed by atoms with E-state index < -0.39 is 0 Å². The Hall–Kier alpha value is -2.47. The molecule has 2 heterocycles. The molecule has 1 amide bonds. The van der Waals surface area contributed by atoms with Gasteiger partial charge in [0.2, 0.25) is 0 Å². The number of benzene rings is 1. The number of amides is 1. The molecule has 0 aliphatic rings. The van der Waals surface area contributed by atoms with Gasteiger partial charge in [0, 0.05) is 25.8 Å². The van der Waals surface area contributed by atoms with Crippen LogP contribution in [0.3, 0.4) is 0 Å². The van der Waals surface area contributed by atoms with E-state index in [0.717, 1.165) is 15.3 Å². The number of hydrogen-bond acceptors (Lipinski definition) is 5. The fourth-order valence-electron chi connectivity index (χ4n) is 2.19. The third-order valence-corrected chi connectivity index (χ3v) is 4.70. The number of hydrogen-bond donors (Lipinski definition) is 1. The Kier molecular flexibility index (Phi) is 4.52. The summed E-state index contributed by atoms with van der Waals surface area (Å²) < 4.78 is 1.15. The molecule has 1 aromatic carbocycles. The molecule has 0 bridgehead atoms. The van der Waals surface area contributed by atoms with Crippen LogP contribution in [0.1, 0.15) is 17.4 Å². The number of carbonyl (C=O) groups is 1. The van der Waals surface area contributed by atoms with Crippen LogP contribution in [-0.4, -0.2) is 40.4 Å². The molecule has 0 aliphatic carbocycles. The molecule has 0 fully saturated rings. The van der Waals surface area contributed by atoms with Crippen molar-refractivity contribution in [1.82, 2.24) is 14.9 Å². The van der Waals surface area contributed by atoms with Crippen LogP contribution in [-0.2, 0) is 0 Å². The van der Waals surface area contributed by atoms with Crippen molar-refractivity contribution in [3.8, 4) is 0 Å². The molecule has 23 heavy (non-hydrogen) atoms. The molecule has 1 unspecified atom stereocenters. The van der Waals surface area contributed by atoms with E-state index >= 15 is 0 Å². The number of para-hydroxylation sites is 1. The zero-order chi connectivity index (χ0) is 16.2. The molecule has 6 heteroatoms. The summed E-state index contributed by atoms with van der Waals surface area (Å²) in [5.41, 5.74) is 1.45. The topological polar surface area (TPSA) is 58.1 Å². The van der Waals surface area contributed by atoms with Gasteiger partial charge in [-0.3, -0.25) is 9.78 Å². The molecule has 1 N–H and O–H groups in total. The zero-order valence-corrected chi connectivity index (χ0v) is 13.9. The van der Waals surface area contributed by atoms with Crippen molar-refractivity contribution in [2.45, 2.75) is 13.0 Å². The second-order valence-corrected chi connectivity index (χ2v) is 6.38. The summed E-state index contributed by atoms with van der Waals surface area (Å²) in [5, 5.41) is 4.19. The van der Waals surface area contributed by atoms with E-state index in [1.807, 2.05) is 31.2 Å². The molecule has 0 spiro atoms. The number of nitrogens with zero attached hydrogens (tertiary/aromatic N) is 3. The van der Waals surface area contributed by atoms with Crippen molar-refractivity contribution in [2.75, 3.05) is 18.9 Å². The number of fused-ring (bicyclic) bond motifs is 1. The molecule has 3 aromatic rings. The summed E-state index contributed by atoms with van der Waals surface area (Å²) >= 11 is 1.62. The summed E-state index contributed by atoms with van der Waals surface area (Å²) in [6.45, 7) is 2.63. The Bertz CT molecular complexity index is 769. The Labute approximate surface area is 139 Å². The smallest absolute Gasteiger partial charge is 0.272 e. The maximum atomic E-state index is 12.4. The quantitative estimate of drug-likeness (QED) is 0.782. The Morgan fingerprint density at radius 3 is 2.78 bits per heavy atom. The summed E-state index contributed by atoms with van der Waals surface area (Å²) in [5.74, 6) is -0.0794. The maximum absolute atomic E-state index is 12.4. The van der Waals surface area contributed by atoms with Gasteiger partial charge in [-0.25, -0.2) is 4.98 Å². The molecule has 118 valence electrons. The highest BCUT2D eigenvalue weighted by Gasteiger charge is 2.18. The molecule has 0 saturated heterocycles. The Morgan fingerprint density at radius 2 is 2.04 bits per heavy atom. The van der Waals surface area contributed by atoms with Gasteiger partial charge in [0.25, 0.3) is 5.91 Å². The number of aromatic nitrogens is 2. The van der Waals surface area contributed by atoms with E-state index in [0.29, 0.717) is 12.2 Å².